The lowest BCUT2D eigenvalue weighted by molar-refractivity contribution is 0.0920. The number of nitrogen functional groups attached to an aromatic ring is 1. The summed E-state index contributed by atoms with van der Waals surface area (Å²) in [7, 11) is 0. The van der Waals surface area contributed by atoms with E-state index < -0.39 is 5.67 Å². The van der Waals surface area contributed by atoms with Crippen molar-refractivity contribution in [2.75, 3.05) is 30.3 Å². The Hall–Kier alpha value is -2.87. The van der Waals surface area contributed by atoms with E-state index in [1.165, 1.54) is 11.3 Å². The van der Waals surface area contributed by atoms with E-state index in [0.29, 0.717) is 49.5 Å². The number of halogens is 1. The van der Waals surface area contributed by atoms with Crippen LogP contribution in [0.1, 0.15) is 40.7 Å². The second-order valence-electron chi connectivity index (χ2n) is 9.03. The van der Waals surface area contributed by atoms with Crippen LogP contribution < -0.4 is 20.7 Å². The molecular formula is C24H27FN4O2S. The third-order valence-corrected chi connectivity index (χ3v) is 7.52. The number of fused-ring (bicyclic) bond motifs is 2. The molecule has 2 aliphatic heterocycles. The number of aromatic nitrogens is 1. The van der Waals surface area contributed by atoms with Gasteiger partial charge in [-0.1, -0.05) is 6.07 Å². The molecule has 1 amide bonds. The van der Waals surface area contributed by atoms with Crippen molar-refractivity contribution in [3.63, 3.8) is 0 Å². The van der Waals surface area contributed by atoms with Crippen molar-refractivity contribution in [3.05, 3.63) is 46.5 Å². The molecule has 1 aromatic carbocycles. The Balaban J connectivity index is 1.27. The minimum Gasteiger partial charge on any atom is -0.491 e. The molecule has 1 atom stereocenters. The third-order valence-electron chi connectivity index (χ3n) is 6.40. The van der Waals surface area contributed by atoms with Crippen LogP contribution in [0.2, 0.25) is 0 Å². The van der Waals surface area contributed by atoms with E-state index in [1.807, 2.05) is 31.2 Å². The maximum Gasteiger partial charge on any atom is 0.263 e. The number of hydrogen-bond acceptors (Lipinski definition) is 6. The predicted octanol–water partition coefficient (Wildman–Crippen LogP) is 4.25. The fourth-order valence-corrected chi connectivity index (χ4v) is 5.43. The van der Waals surface area contributed by atoms with Gasteiger partial charge < -0.3 is 20.7 Å². The molecule has 32 heavy (non-hydrogen) atoms. The maximum atomic E-state index is 14.1. The number of nitrogens with one attached hydrogen (secondary N) is 1. The number of hydrogen-bond donors (Lipinski definition) is 2. The summed E-state index contributed by atoms with van der Waals surface area (Å²) in [6.07, 6.45) is 1.76. The Kier molecular flexibility index (Phi) is 5.20. The number of benzene rings is 1. The number of thiophene rings is 1. The molecule has 1 fully saturated rings. The van der Waals surface area contributed by atoms with E-state index in [2.05, 4.69) is 21.3 Å². The molecule has 0 aliphatic carbocycles. The highest BCUT2D eigenvalue weighted by Crippen LogP contribution is 2.35. The Bertz CT molecular complexity index is 1180. The van der Waals surface area contributed by atoms with Gasteiger partial charge in [0.05, 0.1) is 11.7 Å². The molecule has 0 saturated carbocycles. The predicted molar refractivity (Wildman–Crippen MR) is 127 cm³/mol. The van der Waals surface area contributed by atoms with Crippen molar-refractivity contribution in [2.24, 2.45) is 0 Å². The number of nitrogens with zero attached hydrogens (tertiary/aromatic N) is 2. The summed E-state index contributed by atoms with van der Waals surface area (Å²) < 4.78 is 20.1. The molecule has 5 rings (SSSR count). The van der Waals surface area contributed by atoms with Crippen molar-refractivity contribution in [1.29, 1.82) is 0 Å². The van der Waals surface area contributed by atoms with Crippen molar-refractivity contribution in [1.82, 2.24) is 10.3 Å². The quantitative estimate of drug-likeness (QED) is 0.619. The van der Waals surface area contributed by atoms with Gasteiger partial charge in [-0.2, -0.15) is 0 Å². The number of alkyl halides is 1. The molecule has 168 valence electrons. The zero-order valence-corrected chi connectivity index (χ0v) is 19.1. The number of nitrogens with two attached hydrogens (primary N) is 1. The number of carbonyl (C=O) groups excluding carboxylic acids is 1. The largest absolute Gasteiger partial charge is 0.491 e. The lowest BCUT2D eigenvalue weighted by Gasteiger charge is -2.36. The average molecular weight is 455 g/mol. The molecular weight excluding hydrogens is 427 g/mol. The second-order valence-corrected chi connectivity index (χ2v) is 10.0. The molecule has 3 N–H and O–H groups in total. The highest BCUT2D eigenvalue weighted by atomic mass is 32.1. The van der Waals surface area contributed by atoms with Gasteiger partial charge in [0, 0.05) is 35.9 Å². The number of piperidine rings is 1. The minimum atomic E-state index is -1.07. The highest BCUT2D eigenvalue weighted by Gasteiger charge is 2.30. The van der Waals surface area contributed by atoms with E-state index >= 15 is 0 Å². The standard InChI is InChI=1S/C24H27FN4O2S/c1-14-3-6-18-20(26)21(32-23(18)27-14)22(30)28-16-11-15-4-5-17(12-19(15)31-13-16)29-9-7-24(2,25)8-10-29/h3-6,12,16H,7-11,13,26H2,1-2H3,(H,28,30)/t16-/m1/s1. The van der Waals surface area contributed by atoms with E-state index in [9.17, 15) is 9.18 Å². The second kappa shape index (κ2) is 7.92. The van der Waals surface area contributed by atoms with Crippen LogP contribution in [0.5, 0.6) is 5.75 Å². The van der Waals surface area contributed by atoms with E-state index in [0.717, 1.165) is 32.9 Å². The van der Waals surface area contributed by atoms with Gasteiger partial charge >= 0.3 is 0 Å². The van der Waals surface area contributed by atoms with Crippen molar-refractivity contribution >= 4 is 38.8 Å². The number of rotatable bonds is 3. The zero-order chi connectivity index (χ0) is 22.5. The van der Waals surface area contributed by atoms with Crippen LogP contribution in [-0.2, 0) is 6.42 Å². The monoisotopic (exact) mass is 454 g/mol. The molecule has 2 aliphatic rings. The molecule has 1 saturated heterocycles. The third kappa shape index (κ3) is 3.99. The Morgan fingerprint density at radius 2 is 2.09 bits per heavy atom. The lowest BCUT2D eigenvalue weighted by atomic mass is 9.95. The summed E-state index contributed by atoms with van der Waals surface area (Å²) in [5, 5.41) is 3.88. The zero-order valence-electron chi connectivity index (χ0n) is 18.3. The minimum absolute atomic E-state index is 0.137. The first-order valence-corrected chi connectivity index (χ1v) is 11.8. The van der Waals surface area contributed by atoms with Crippen molar-refractivity contribution in [3.8, 4) is 5.75 Å². The average Bonchev–Trinajstić information content (AvgIpc) is 3.09. The van der Waals surface area contributed by atoms with Crippen LogP contribution in [-0.4, -0.2) is 42.3 Å². The molecule has 6 nitrogen and oxygen atoms in total. The fraction of sp³-hybridized carbons (Fsp3) is 0.417. The van der Waals surface area contributed by atoms with Crippen LogP contribution in [0.3, 0.4) is 0 Å². The molecule has 3 aromatic rings. The molecule has 0 spiro atoms. The van der Waals surface area contributed by atoms with Gasteiger partial charge in [-0.05, 0) is 56.9 Å². The van der Waals surface area contributed by atoms with Gasteiger partial charge in [-0.15, -0.1) is 11.3 Å². The molecule has 0 radical (unpaired) electrons. The summed E-state index contributed by atoms with van der Waals surface area (Å²) in [6, 6.07) is 9.81. The first kappa shape index (κ1) is 21.0. The fourth-order valence-electron chi connectivity index (χ4n) is 4.39. The van der Waals surface area contributed by atoms with Crippen LogP contribution in [0.4, 0.5) is 15.8 Å². The molecule has 0 bridgehead atoms. The summed E-state index contributed by atoms with van der Waals surface area (Å²) in [4.78, 5) is 20.9. The number of anilines is 2. The number of amides is 1. The molecule has 2 aromatic heterocycles. The van der Waals surface area contributed by atoms with Crippen LogP contribution in [0.25, 0.3) is 10.2 Å². The lowest BCUT2D eigenvalue weighted by Crippen LogP contribution is -2.43. The Morgan fingerprint density at radius 1 is 1.31 bits per heavy atom. The molecule has 8 heteroatoms. The first-order chi connectivity index (χ1) is 15.3. The van der Waals surface area contributed by atoms with E-state index in [1.54, 1.807) is 6.92 Å². The van der Waals surface area contributed by atoms with Gasteiger partial charge in [-0.25, -0.2) is 9.37 Å². The van der Waals surface area contributed by atoms with Gasteiger partial charge in [0.15, 0.2) is 0 Å². The summed E-state index contributed by atoms with van der Waals surface area (Å²) in [5.41, 5.74) is 8.64. The molecule has 0 unspecified atom stereocenters. The van der Waals surface area contributed by atoms with Crippen LogP contribution in [0, 0.1) is 6.92 Å². The number of aryl methyl sites for hydroxylation is 1. The van der Waals surface area contributed by atoms with Crippen molar-refractivity contribution < 1.29 is 13.9 Å². The Morgan fingerprint density at radius 3 is 2.88 bits per heavy atom. The SMILES string of the molecule is Cc1ccc2c(N)c(C(=O)N[C@H]3COc4cc(N5CCC(C)(F)CC5)ccc4C3)sc2n1. The normalized spacial score (nSPS) is 20.0. The smallest absolute Gasteiger partial charge is 0.263 e. The summed E-state index contributed by atoms with van der Waals surface area (Å²) in [6.45, 7) is 5.40. The van der Waals surface area contributed by atoms with Crippen molar-refractivity contribution in [2.45, 2.75) is 44.8 Å². The first-order valence-electron chi connectivity index (χ1n) is 11.0. The summed E-state index contributed by atoms with van der Waals surface area (Å²) >= 11 is 1.32. The summed E-state index contributed by atoms with van der Waals surface area (Å²) in [5.74, 6) is 0.641. The van der Waals surface area contributed by atoms with E-state index in [-0.39, 0.29) is 11.9 Å². The van der Waals surface area contributed by atoms with Gasteiger partial charge in [-0.3, -0.25) is 4.79 Å². The number of ether oxygens (including phenoxy) is 1. The highest BCUT2D eigenvalue weighted by molar-refractivity contribution is 7.21. The molecule has 4 heterocycles. The topological polar surface area (TPSA) is 80.5 Å². The number of pyridine rings is 1. The van der Waals surface area contributed by atoms with Gasteiger partial charge in [0.1, 0.15) is 27.7 Å². The maximum absolute atomic E-state index is 14.1. The van der Waals surface area contributed by atoms with Crippen LogP contribution >= 0.6 is 11.3 Å². The van der Waals surface area contributed by atoms with Gasteiger partial charge in [0.25, 0.3) is 5.91 Å². The van der Waals surface area contributed by atoms with Gasteiger partial charge in [0.2, 0.25) is 0 Å². The van der Waals surface area contributed by atoms with Crippen LogP contribution in [0.15, 0.2) is 30.3 Å². The van der Waals surface area contributed by atoms with E-state index in [4.69, 9.17) is 10.5 Å². The Labute approximate surface area is 190 Å². The number of carbonyl (C=O) groups is 1.